The second-order valence-corrected chi connectivity index (χ2v) is 7.29. The van der Waals surface area contributed by atoms with E-state index in [0.717, 1.165) is 30.2 Å². The van der Waals surface area contributed by atoms with Gasteiger partial charge >= 0.3 is 0 Å². The molecular weight excluding hydrogens is 314 g/mol. The van der Waals surface area contributed by atoms with Crippen molar-refractivity contribution in [1.82, 2.24) is 4.72 Å². The van der Waals surface area contributed by atoms with E-state index in [1.807, 2.05) is 12.1 Å². The summed E-state index contributed by atoms with van der Waals surface area (Å²) in [6, 6.07) is 7.09. The molecule has 1 aliphatic carbocycles. The first-order valence-corrected chi connectivity index (χ1v) is 8.79. The van der Waals surface area contributed by atoms with Gasteiger partial charge in [0, 0.05) is 11.4 Å². The van der Waals surface area contributed by atoms with Crippen LogP contribution in [0.25, 0.3) is 0 Å². The molecule has 1 N–H and O–H groups in total. The van der Waals surface area contributed by atoms with Crippen LogP contribution in [0.3, 0.4) is 0 Å². The first-order valence-electron chi connectivity index (χ1n) is 6.18. The molecule has 0 bridgehead atoms. The Morgan fingerprint density at radius 3 is 2.44 bits per heavy atom. The maximum absolute atomic E-state index is 12.2. The minimum absolute atomic E-state index is 0.0980. The number of rotatable bonds is 4. The molecule has 1 aromatic carbocycles. The maximum Gasteiger partial charge on any atom is 0.240 e. The number of sulfonamides is 1. The molecule has 0 amide bonds. The Labute approximate surface area is 117 Å². The Bertz CT molecular complexity index is 498. The van der Waals surface area contributed by atoms with Crippen LogP contribution in [0.2, 0.25) is 0 Å². The van der Waals surface area contributed by atoms with Crippen LogP contribution in [0.4, 0.5) is 0 Å². The summed E-state index contributed by atoms with van der Waals surface area (Å²) in [4.78, 5) is 0.353. The van der Waals surface area contributed by atoms with Crippen LogP contribution in [-0.4, -0.2) is 14.5 Å². The summed E-state index contributed by atoms with van der Waals surface area (Å²) in [5.74, 6) is 0.619. The van der Waals surface area contributed by atoms with Gasteiger partial charge in [-0.15, -0.1) is 0 Å². The fourth-order valence-corrected chi connectivity index (χ4v) is 4.02. The molecule has 2 unspecified atom stereocenters. The Balaban J connectivity index is 2.10. The zero-order valence-corrected chi connectivity index (χ0v) is 12.8. The molecule has 5 heteroatoms. The topological polar surface area (TPSA) is 46.2 Å². The first kappa shape index (κ1) is 14.0. The van der Waals surface area contributed by atoms with Crippen molar-refractivity contribution < 1.29 is 8.42 Å². The molecule has 2 rings (SSSR count). The van der Waals surface area contributed by atoms with Crippen LogP contribution in [0, 0.1) is 5.92 Å². The average Bonchev–Trinajstić information content (AvgIpc) is 2.74. The molecule has 0 aromatic heterocycles. The number of hydrogen-bond donors (Lipinski definition) is 1. The lowest BCUT2D eigenvalue weighted by Gasteiger charge is -2.13. The average molecular weight is 332 g/mol. The van der Waals surface area contributed by atoms with Gasteiger partial charge in [0.1, 0.15) is 0 Å². The van der Waals surface area contributed by atoms with E-state index in [9.17, 15) is 8.42 Å². The fraction of sp³-hybridized carbons (Fsp3) is 0.538. The summed E-state index contributed by atoms with van der Waals surface area (Å²) in [6.07, 6.45) is 2.99. The molecule has 2 atom stereocenters. The van der Waals surface area contributed by atoms with Gasteiger partial charge in [-0.3, -0.25) is 0 Å². The van der Waals surface area contributed by atoms with Crippen LogP contribution in [0.5, 0.6) is 0 Å². The molecule has 1 saturated carbocycles. The third kappa shape index (κ3) is 3.33. The number of halogens is 1. The highest BCUT2D eigenvalue weighted by molar-refractivity contribution is 9.08. The van der Waals surface area contributed by atoms with E-state index in [4.69, 9.17) is 0 Å². The summed E-state index contributed by atoms with van der Waals surface area (Å²) in [5.41, 5.74) is 1.07. The number of hydrogen-bond acceptors (Lipinski definition) is 2. The monoisotopic (exact) mass is 331 g/mol. The number of benzene rings is 1. The Morgan fingerprint density at radius 2 is 1.94 bits per heavy atom. The van der Waals surface area contributed by atoms with Crippen molar-refractivity contribution in [1.29, 1.82) is 0 Å². The van der Waals surface area contributed by atoms with Crippen LogP contribution in [0.15, 0.2) is 29.2 Å². The summed E-state index contributed by atoms with van der Waals surface area (Å²) in [7, 11) is -3.36. The van der Waals surface area contributed by atoms with Crippen LogP contribution in [-0.2, 0) is 15.4 Å². The zero-order valence-electron chi connectivity index (χ0n) is 10.4. The second kappa shape index (κ2) is 5.72. The van der Waals surface area contributed by atoms with Gasteiger partial charge in [0.2, 0.25) is 10.0 Å². The molecule has 3 nitrogen and oxygen atoms in total. The van der Waals surface area contributed by atoms with Gasteiger partial charge in [0.25, 0.3) is 0 Å². The van der Waals surface area contributed by atoms with Gasteiger partial charge in [-0.05, 0) is 42.9 Å². The Hall–Kier alpha value is -0.390. The van der Waals surface area contributed by atoms with Gasteiger partial charge in [0.05, 0.1) is 4.90 Å². The van der Waals surface area contributed by atoms with Crippen molar-refractivity contribution in [2.24, 2.45) is 5.92 Å². The molecular formula is C13H18BrNO2S. The Kier molecular flexibility index (Phi) is 4.45. The van der Waals surface area contributed by atoms with Gasteiger partial charge in [0.15, 0.2) is 0 Å². The highest BCUT2D eigenvalue weighted by atomic mass is 79.9. The standard InChI is InChI=1S/C13H18BrNO2S/c1-10-2-5-12(8-10)15-18(16,17)13-6-3-11(9-14)4-7-13/h3-4,6-7,10,12,15H,2,5,8-9H2,1H3. The van der Waals surface area contributed by atoms with E-state index >= 15 is 0 Å². The van der Waals surface area contributed by atoms with E-state index in [1.54, 1.807) is 12.1 Å². The Morgan fingerprint density at radius 1 is 1.28 bits per heavy atom. The summed E-state index contributed by atoms with van der Waals surface area (Å²) in [5, 5.41) is 0.737. The molecule has 100 valence electrons. The van der Waals surface area contributed by atoms with Crippen molar-refractivity contribution in [3.05, 3.63) is 29.8 Å². The van der Waals surface area contributed by atoms with E-state index < -0.39 is 10.0 Å². The number of nitrogens with one attached hydrogen (secondary N) is 1. The van der Waals surface area contributed by atoms with Crippen molar-refractivity contribution in [3.63, 3.8) is 0 Å². The quantitative estimate of drug-likeness (QED) is 0.862. The van der Waals surface area contributed by atoms with Gasteiger partial charge in [-0.25, -0.2) is 13.1 Å². The molecule has 1 fully saturated rings. The molecule has 0 heterocycles. The van der Waals surface area contributed by atoms with Crippen molar-refractivity contribution in [3.8, 4) is 0 Å². The molecule has 18 heavy (non-hydrogen) atoms. The summed E-state index contributed by atoms with van der Waals surface area (Å²) < 4.78 is 27.1. The predicted molar refractivity (Wildman–Crippen MR) is 76.2 cm³/mol. The van der Waals surface area contributed by atoms with E-state index in [1.165, 1.54) is 0 Å². The lowest BCUT2D eigenvalue weighted by Crippen LogP contribution is -2.32. The van der Waals surface area contributed by atoms with E-state index in [0.29, 0.717) is 10.8 Å². The van der Waals surface area contributed by atoms with Crippen molar-refractivity contribution >= 4 is 26.0 Å². The first-order chi connectivity index (χ1) is 8.51. The summed E-state index contributed by atoms with van der Waals surface area (Å²) in [6.45, 7) is 2.17. The highest BCUT2D eigenvalue weighted by Gasteiger charge is 2.26. The maximum atomic E-state index is 12.2. The van der Waals surface area contributed by atoms with Crippen molar-refractivity contribution in [2.75, 3.05) is 0 Å². The van der Waals surface area contributed by atoms with Gasteiger partial charge in [-0.2, -0.15) is 0 Å². The number of alkyl halides is 1. The van der Waals surface area contributed by atoms with Crippen LogP contribution >= 0.6 is 15.9 Å². The molecule has 0 spiro atoms. The van der Waals surface area contributed by atoms with Gasteiger partial charge in [-0.1, -0.05) is 35.0 Å². The second-order valence-electron chi connectivity index (χ2n) is 5.01. The smallest absolute Gasteiger partial charge is 0.208 e. The lowest BCUT2D eigenvalue weighted by molar-refractivity contribution is 0.538. The normalized spacial score (nSPS) is 24.3. The molecule has 1 aliphatic rings. The SMILES string of the molecule is CC1CCC(NS(=O)(=O)c2ccc(CBr)cc2)C1. The molecule has 1 aromatic rings. The lowest BCUT2D eigenvalue weighted by atomic mass is 10.1. The minimum atomic E-state index is -3.36. The predicted octanol–water partition coefficient (Wildman–Crippen LogP) is 3.05. The molecule has 0 aliphatic heterocycles. The highest BCUT2D eigenvalue weighted by Crippen LogP contribution is 2.26. The fourth-order valence-electron chi connectivity index (χ4n) is 2.36. The van der Waals surface area contributed by atoms with E-state index in [2.05, 4.69) is 27.6 Å². The third-order valence-electron chi connectivity index (χ3n) is 3.40. The van der Waals surface area contributed by atoms with Gasteiger partial charge < -0.3 is 0 Å². The molecule has 0 radical (unpaired) electrons. The third-order valence-corrected chi connectivity index (χ3v) is 5.59. The van der Waals surface area contributed by atoms with Crippen LogP contribution in [0.1, 0.15) is 31.7 Å². The minimum Gasteiger partial charge on any atom is -0.208 e. The zero-order chi connectivity index (χ0) is 13.2. The largest absolute Gasteiger partial charge is 0.240 e. The van der Waals surface area contributed by atoms with Crippen LogP contribution < -0.4 is 4.72 Å². The molecule has 0 saturated heterocycles. The van der Waals surface area contributed by atoms with E-state index in [-0.39, 0.29) is 6.04 Å². The summed E-state index contributed by atoms with van der Waals surface area (Å²) >= 11 is 3.34. The van der Waals surface area contributed by atoms with Crippen molar-refractivity contribution in [2.45, 2.75) is 42.5 Å².